The molecule has 0 heterocycles. The molecule has 1 N–H and O–H groups in total. The van der Waals surface area contributed by atoms with Crippen LogP contribution in [0.1, 0.15) is 36.1 Å². The van der Waals surface area contributed by atoms with Gasteiger partial charge in [-0.25, -0.2) is 8.42 Å². The topological polar surface area (TPSA) is 86.8 Å². The van der Waals surface area contributed by atoms with E-state index in [0.29, 0.717) is 27.8 Å². The van der Waals surface area contributed by atoms with E-state index in [-0.39, 0.29) is 29.7 Å². The predicted molar refractivity (Wildman–Crippen MR) is 186 cm³/mol. The Kier molecular flexibility index (Phi) is 11.9. The van der Waals surface area contributed by atoms with Gasteiger partial charge in [0.05, 0.1) is 10.6 Å². The van der Waals surface area contributed by atoms with E-state index >= 15 is 0 Å². The zero-order valence-electron chi connectivity index (χ0n) is 26.4. The van der Waals surface area contributed by atoms with Gasteiger partial charge in [0.2, 0.25) is 11.8 Å². The first kappa shape index (κ1) is 35.0. The Morgan fingerprint density at radius 2 is 1.48 bits per heavy atom. The maximum absolute atomic E-state index is 14.6. The van der Waals surface area contributed by atoms with Crippen molar-refractivity contribution in [3.05, 3.63) is 129 Å². The number of sulfonamides is 1. The Hall–Kier alpha value is -3.85. The first-order valence-corrected chi connectivity index (χ1v) is 17.3. The van der Waals surface area contributed by atoms with E-state index in [9.17, 15) is 18.0 Å². The third kappa shape index (κ3) is 8.90. The molecule has 1 atom stereocenters. The van der Waals surface area contributed by atoms with Crippen LogP contribution in [0.3, 0.4) is 0 Å². The second-order valence-electron chi connectivity index (χ2n) is 11.7. The molecule has 2 amide bonds. The normalized spacial score (nSPS) is 12.1. The average Bonchev–Trinajstić information content (AvgIpc) is 3.03. The molecule has 0 unspecified atom stereocenters. The van der Waals surface area contributed by atoms with E-state index in [2.05, 4.69) is 5.32 Å². The number of hydrogen-bond acceptors (Lipinski definition) is 4. The van der Waals surface area contributed by atoms with Crippen LogP contribution in [0.15, 0.2) is 102 Å². The maximum atomic E-state index is 14.6. The van der Waals surface area contributed by atoms with E-state index in [0.717, 1.165) is 21.0 Å². The molecule has 46 heavy (non-hydrogen) atoms. The number of aryl methyl sites for hydroxylation is 2. The lowest BCUT2D eigenvalue weighted by atomic mass is 10.0. The summed E-state index contributed by atoms with van der Waals surface area (Å²) < 4.78 is 29.5. The van der Waals surface area contributed by atoms with Crippen molar-refractivity contribution < 1.29 is 18.0 Å². The third-order valence-corrected chi connectivity index (χ3v) is 10.1. The number of hydrogen-bond donors (Lipinski definition) is 1. The van der Waals surface area contributed by atoms with Crippen LogP contribution in [-0.4, -0.2) is 44.3 Å². The summed E-state index contributed by atoms with van der Waals surface area (Å²) in [5.74, 6) is -0.716. The van der Waals surface area contributed by atoms with E-state index in [4.69, 9.17) is 23.2 Å². The Labute approximate surface area is 282 Å². The number of rotatable bonds is 13. The molecule has 0 aliphatic carbocycles. The SMILES string of the molecule is Cc1ccc(N(CC(=O)N(Cc2ccccc2Cl)[C@@H](Cc2ccccc2)C(=O)NCC(C)C)S(=O)(=O)c2ccc(Cl)cc2)cc1C. The van der Waals surface area contributed by atoms with Gasteiger partial charge in [0.1, 0.15) is 12.6 Å². The number of amides is 2. The number of nitrogens with zero attached hydrogens (tertiary/aromatic N) is 2. The van der Waals surface area contributed by atoms with Gasteiger partial charge in [-0.2, -0.15) is 0 Å². The van der Waals surface area contributed by atoms with Crippen LogP contribution >= 0.6 is 23.2 Å². The third-order valence-electron chi connectivity index (χ3n) is 7.71. The van der Waals surface area contributed by atoms with E-state index in [1.807, 2.05) is 64.1 Å². The minimum Gasteiger partial charge on any atom is -0.354 e. The largest absolute Gasteiger partial charge is 0.354 e. The molecular weight excluding hydrogens is 641 g/mol. The van der Waals surface area contributed by atoms with Gasteiger partial charge < -0.3 is 10.2 Å². The van der Waals surface area contributed by atoms with Gasteiger partial charge in [0.15, 0.2) is 0 Å². The molecule has 0 fully saturated rings. The maximum Gasteiger partial charge on any atom is 0.264 e. The minimum atomic E-state index is -4.24. The Morgan fingerprint density at radius 1 is 0.826 bits per heavy atom. The van der Waals surface area contributed by atoms with Crippen LogP contribution in [0, 0.1) is 19.8 Å². The van der Waals surface area contributed by atoms with E-state index < -0.39 is 28.5 Å². The van der Waals surface area contributed by atoms with Gasteiger partial charge in [0, 0.05) is 29.6 Å². The summed E-state index contributed by atoms with van der Waals surface area (Å²) in [5, 5.41) is 3.80. The van der Waals surface area contributed by atoms with Gasteiger partial charge in [-0.05, 0) is 84.5 Å². The lowest BCUT2D eigenvalue weighted by Gasteiger charge is -2.34. The summed E-state index contributed by atoms with van der Waals surface area (Å²) in [6.07, 6.45) is 0.217. The van der Waals surface area contributed by atoms with Crippen molar-refractivity contribution in [3.63, 3.8) is 0 Å². The van der Waals surface area contributed by atoms with Gasteiger partial charge in [-0.15, -0.1) is 0 Å². The fourth-order valence-electron chi connectivity index (χ4n) is 4.93. The monoisotopic (exact) mass is 679 g/mol. The Balaban J connectivity index is 1.82. The molecule has 4 aromatic rings. The predicted octanol–water partition coefficient (Wildman–Crippen LogP) is 7.22. The highest BCUT2D eigenvalue weighted by Crippen LogP contribution is 2.28. The van der Waals surface area contributed by atoms with Gasteiger partial charge >= 0.3 is 0 Å². The average molecular weight is 681 g/mol. The lowest BCUT2D eigenvalue weighted by molar-refractivity contribution is -0.140. The Morgan fingerprint density at radius 3 is 2.11 bits per heavy atom. The molecule has 242 valence electrons. The Bertz CT molecular complexity index is 1760. The van der Waals surface area contributed by atoms with Gasteiger partial charge in [-0.1, -0.05) is 91.6 Å². The number of carbonyl (C=O) groups is 2. The quantitative estimate of drug-likeness (QED) is 0.162. The number of nitrogens with one attached hydrogen (secondary N) is 1. The van der Waals surface area contributed by atoms with Crippen LogP contribution in [0.4, 0.5) is 5.69 Å². The van der Waals surface area contributed by atoms with E-state index in [1.165, 1.54) is 29.2 Å². The summed E-state index contributed by atoms with van der Waals surface area (Å²) in [7, 11) is -4.24. The van der Waals surface area contributed by atoms with Gasteiger partial charge in [0.25, 0.3) is 10.0 Å². The van der Waals surface area contributed by atoms with Crippen molar-refractivity contribution in [2.45, 2.75) is 51.6 Å². The lowest BCUT2D eigenvalue weighted by Crippen LogP contribution is -2.53. The highest BCUT2D eigenvalue weighted by Gasteiger charge is 2.35. The van der Waals surface area contributed by atoms with Crippen LogP contribution in [0.5, 0.6) is 0 Å². The van der Waals surface area contributed by atoms with Crippen LogP contribution < -0.4 is 9.62 Å². The number of halogens is 2. The standard InChI is InChI=1S/C36H39Cl2N3O4S/c1-25(2)22-39-36(43)34(21-28-10-6-5-7-11-28)40(23-29-12-8-9-13-33(29)38)35(42)24-41(31-17-14-26(3)27(4)20-31)46(44,45)32-18-15-30(37)16-19-32/h5-20,25,34H,21-24H2,1-4H3,(H,39,43)/t34-/m0/s1. The molecule has 0 saturated heterocycles. The molecule has 4 rings (SSSR count). The number of anilines is 1. The highest BCUT2D eigenvalue weighted by atomic mass is 35.5. The molecule has 0 aromatic heterocycles. The molecular formula is C36H39Cl2N3O4S. The van der Waals surface area contributed by atoms with Crippen LogP contribution in [-0.2, 0) is 32.6 Å². The zero-order valence-corrected chi connectivity index (χ0v) is 28.7. The fraction of sp³-hybridized carbons (Fsp3) is 0.278. The van der Waals surface area contributed by atoms with Gasteiger partial charge in [-0.3, -0.25) is 13.9 Å². The smallest absolute Gasteiger partial charge is 0.264 e. The molecule has 0 aliphatic rings. The molecule has 0 spiro atoms. The van der Waals surface area contributed by atoms with Crippen molar-refractivity contribution >= 4 is 50.7 Å². The molecule has 0 saturated carbocycles. The van der Waals surface area contributed by atoms with E-state index in [1.54, 1.807) is 36.4 Å². The molecule has 0 radical (unpaired) electrons. The number of carbonyl (C=O) groups excluding carboxylic acids is 2. The fourth-order valence-corrected chi connectivity index (χ4v) is 6.66. The van der Waals surface area contributed by atoms with Crippen molar-refractivity contribution in [3.8, 4) is 0 Å². The second-order valence-corrected chi connectivity index (χ2v) is 14.4. The summed E-state index contributed by atoms with van der Waals surface area (Å²) in [4.78, 5) is 29.9. The molecule has 0 aliphatic heterocycles. The molecule has 0 bridgehead atoms. The first-order chi connectivity index (χ1) is 21.9. The summed E-state index contributed by atoms with van der Waals surface area (Å²) >= 11 is 12.6. The summed E-state index contributed by atoms with van der Waals surface area (Å²) in [6.45, 7) is 7.64. The van der Waals surface area contributed by atoms with Crippen molar-refractivity contribution in [1.29, 1.82) is 0 Å². The zero-order chi connectivity index (χ0) is 33.4. The second kappa shape index (κ2) is 15.6. The first-order valence-electron chi connectivity index (χ1n) is 15.1. The van der Waals surface area contributed by atoms with Crippen LogP contribution in [0.2, 0.25) is 10.0 Å². The summed E-state index contributed by atoms with van der Waals surface area (Å²) in [5.41, 5.74) is 3.65. The van der Waals surface area contributed by atoms with Crippen molar-refractivity contribution in [1.82, 2.24) is 10.2 Å². The minimum absolute atomic E-state index is 0.00708. The highest BCUT2D eigenvalue weighted by molar-refractivity contribution is 7.92. The summed E-state index contributed by atoms with van der Waals surface area (Å²) in [6, 6.07) is 26.6. The molecule has 4 aromatic carbocycles. The molecule has 7 nitrogen and oxygen atoms in total. The van der Waals surface area contributed by atoms with Crippen molar-refractivity contribution in [2.75, 3.05) is 17.4 Å². The van der Waals surface area contributed by atoms with Crippen molar-refractivity contribution in [2.24, 2.45) is 5.92 Å². The van der Waals surface area contributed by atoms with Crippen LogP contribution in [0.25, 0.3) is 0 Å². The molecule has 10 heteroatoms. The number of benzene rings is 4.